The van der Waals surface area contributed by atoms with Crippen molar-refractivity contribution in [2.24, 2.45) is 7.05 Å². The van der Waals surface area contributed by atoms with Crippen LogP contribution in [0.3, 0.4) is 0 Å². The van der Waals surface area contributed by atoms with E-state index < -0.39 is 0 Å². The number of aromatic nitrogens is 4. The van der Waals surface area contributed by atoms with Crippen LogP contribution in [0.1, 0.15) is 41.4 Å². The van der Waals surface area contributed by atoms with Gasteiger partial charge in [-0.05, 0) is 49.9 Å². The first kappa shape index (κ1) is 23.1. The molecule has 194 valence electrons. The number of benzene rings is 1. The smallest absolute Gasteiger partial charge is 0.274 e. The third-order valence-corrected chi connectivity index (χ3v) is 8.23. The first-order valence-corrected chi connectivity index (χ1v) is 13.5. The van der Waals surface area contributed by atoms with Crippen LogP contribution in [-0.4, -0.2) is 44.4 Å². The van der Waals surface area contributed by atoms with Gasteiger partial charge in [0.2, 0.25) is 0 Å². The second-order valence-corrected chi connectivity index (χ2v) is 10.9. The molecule has 3 aliphatic rings. The Balaban J connectivity index is 1.31. The Morgan fingerprint density at radius 2 is 1.84 bits per heavy atom. The monoisotopic (exact) mass is 507 g/mol. The lowest BCUT2D eigenvalue weighted by Crippen LogP contribution is -2.41. The molecule has 7 rings (SSSR count). The summed E-state index contributed by atoms with van der Waals surface area (Å²) < 4.78 is 4.04. The van der Waals surface area contributed by atoms with Crippen LogP contribution in [0.25, 0.3) is 17.3 Å². The van der Waals surface area contributed by atoms with E-state index in [1.807, 2.05) is 37.5 Å². The van der Waals surface area contributed by atoms with Crippen LogP contribution in [-0.2, 0) is 26.4 Å². The van der Waals surface area contributed by atoms with Gasteiger partial charge < -0.3 is 24.3 Å². The Bertz CT molecular complexity index is 1590. The van der Waals surface area contributed by atoms with Gasteiger partial charge in [-0.25, -0.2) is 0 Å². The van der Waals surface area contributed by atoms with E-state index in [1.165, 1.54) is 29.8 Å². The van der Waals surface area contributed by atoms with Crippen molar-refractivity contribution in [3.8, 4) is 11.1 Å². The van der Waals surface area contributed by atoms with Crippen molar-refractivity contribution in [1.82, 2.24) is 24.2 Å². The summed E-state index contributed by atoms with van der Waals surface area (Å²) >= 11 is 0. The summed E-state index contributed by atoms with van der Waals surface area (Å²) in [5.74, 6) is 1.11. The van der Waals surface area contributed by atoms with E-state index in [0.717, 1.165) is 55.0 Å². The molecule has 0 saturated carbocycles. The summed E-state index contributed by atoms with van der Waals surface area (Å²) in [6.45, 7) is 2.78. The zero-order valence-corrected chi connectivity index (χ0v) is 21.9. The minimum absolute atomic E-state index is 0.0830. The summed E-state index contributed by atoms with van der Waals surface area (Å²) in [6, 6.07) is 14.6. The number of likely N-dealkylation sites (tertiary alicyclic amines) is 1. The van der Waals surface area contributed by atoms with Crippen molar-refractivity contribution < 1.29 is 0 Å². The highest BCUT2D eigenvalue weighted by Crippen LogP contribution is 2.39. The molecule has 1 aliphatic carbocycles. The van der Waals surface area contributed by atoms with Crippen LogP contribution in [0, 0.1) is 0 Å². The second-order valence-electron chi connectivity index (χ2n) is 10.9. The Labute approximate surface area is 222 Å². The number of pyridine rings is 1. The largest absolute Gasteiger partial charge is 0.339 e. The molecule has 8 heteroatoms. The van der Waals surface area contributed by atoms with Crippen LogP contribution >= 0.6 is 0 Å². The van der Waals surface area contributed by atoms with E-state index in [1.54, 1.807) is 4.57 Å². The SMILES string of the molecule is CN1CC(c2cc(Nc3c(-c4ccccc4)c(N4C=Cn5c(cc6c5CCCC6)C4)cn(C)c3=O)n[nH]2)C1. The molecule has 2 aliphatic heterocycles. The summed E-state index contributed by atoms with van der Waals surface area (Å²) in [5, 5.41) is 11.1. The average molecular weight is 508 g/mol. The lowest BCUT2D eigenvalue weighted by atomic mass is 9.97. The standard InChI is InChI=1S/C30H33N7O/c1-34-16-22(17-34)24-15-27(33-32-24)31-29-28(20-8-4-3-5-9-20)26(19-35(2)30(29)38)36-12-13-37-23(18-36)14-21-10-6-7-11-25(21)37/h3-5,8-9,12-15,19,22H,6-7,10-11,16-18H2,1-2H3,(H2,31,32,33). The van der Waals surface area contributed by atoms with Crippen LogP contribution < -0.4 is 15.8 Å². The number of nitrogens with zero attached hydrogens (tertiary/aromatic N) is 5. The van der Waals surface area contributed by atoms with Crippen molar-refractivity contribution in [2.75, 3.05) is 30.4 Å². The van der Waals surface area contributed by atoms with Crippen LogP contribution in [0.2, 0.25) is 0 Å². The third-order valence-electron chi connectivity index (χ3n) is 8.23. The van der Waals surface area contributed by atoms with Crippen LogP contribution in [0.4, 0.5) is 17.2 Å². The minimum atomic E-state index is -0.0830. The molecule has 3 aromatic heterocycles. The molecular formula is C30H33N7O. The van der Waals surface area contributed by atoms with E-state index in [0.29, 0.717) is 17.4 Å². The van der Waals surface area contributed by atoms with Crippen molar-refractivity contribution in [1.29, 1.82) is 0 Å². The molecule has 1 saturated heterocycles. The summed E-state index contributed by atoms with van der Waals surface area (Å²) in [7, 11) is 3.94. The van der Waals surface area contributed by atoms with E-state index in [2.05, 4.69) is 67.5 Å². The average Bonchev–Trinajstić information content (AvgIpc) is 3.53. The molecule has 8 nitrogen and oxygen atoms in total. The van der Waals surface area contributed by atoms with Crippen molar-refractivity contribution in [2.45, 2.75) is 38.1 Å². The highest BCUT2D eigenvalue weighted by Gasteiger charge is 2.28. The number of H-pyrrole nitrogens is 1. The van der Waals surface area contributed by atoms with Gasteiger partial charge in [0.1, 0.15) is 5.69 Å². The van der Waals surface area contributed by atoms with Crippen molar-refractivity contribution >= 4 is 23.4 Å². The number of rotatable bonds is 5. The summed E-state index contributed by atoms with van der Waals surface area (Å²) in [5.41, 5.74) is 8.65. The highest BCUT2D eigenvalue weighted by atomic mass is 16.1. The number of hydrogen-bond acceptors (Lipinski definition) is 5. The maximum absolute atomic E-state index is 13.6. The molecule has 0 atom stereocenters. The lowest BCUT2D eigenvalue weighted by Gasteiger charge is -2.35. The molecule has 0 spiro atoms. The number of fused-ring (bicyclic) bond motifs is 3. The molecule has 2 N–H and O–H groups in total. The number of nitrogens with one attached hydrogen (secondary N) is 2. The van der Waals surface area contributed by atoms with Crippen LogP contribution in [0.15, 0.2) is 59.7 Å². The fourth-order valence-corrected chi connectivity index (χ4v) is 6.22. The maximum Gasteiger partial charge on any atom is 0.274 e. The Kier molecular flexibility index (Phi) is 5.51. The summed E-state index contributed by atoms with van der Waals surface area (Å²) in [6.07, 6.45) is 11.1. The number of aryl methyl sites for hydroxylation is 2. The van der Waals surface area contributed by atoms with Gasteiger partial charge in [-0.2, -0.15) is 5.10 Å². The number of likely N-dealkylation sites (N-methyl/N-ethyl adjacent to an activating group) is 1. The van der Waals surface area contributed by atoms with E-state index in [-0.39, 0.29) is 5.56 Å². The predicted molar refractivity (Wildman–Crippen MR) is 152 cm³/mol. The quantitative estimate of drug-likeness (QED) is 0.411. The maximum atomic E-state index is 13.6. The molecule has 5 heterocycles. The van der Waals surface area contributed by atoms with Gasteiger partial charge in [-0.1, -0.05) is 30.3 Å². The van der Waals surface area contributed by atoms with Gasteiger partial charge in [0.15, 0.2) is 5.82 Å². The number of hydrogen-bond donors (Lipinski definition) is 2. The Hall–Kier alpha value is -4.04. The molecular weight excluding hydrogens is 474 g/mol. The topological polar surface area (TPSA) is 74.1 Å². The molecule has 1 aromatic carbocycles. The van der Waals surface area contributed by atoms with Gasteiger partial charge in [0, 0.05) is 73.4 Å². The molecule has 4 aromatic rings. The number of anilines is 3. The Morgan fingerprint density at radius 3 is 2.66 bits per heavy atom. The molecule has 1 fully saturated rings. The lowest BCUT2D eigenvalue weighted by molar-refractivity contribution is 0.186. The van der Waals surface area contributed by atoms with E-state index in [9.17, 15) is 4.79 Å². The molecule has 0 radical (unpaired) electrons. The molecule has 38 heavy (non-hydrogen) atoms. The Morgan fingerprint density at radius 1 is 1.03 bits per heavy atom. The van der Waals surface area contributed by atoms with E-state index >= 15 is 0 Å². The zero-order chi connectivity index (χ0) is 25.8. The van der Waals surface area contributed by atoms with Gasteiger partial charge >= 0.3 is 0 Å². The fourth-order valence-electron chi connectivity index (χ4n) is 6.22. The molecule has 0 bridgehead atoms. The van der Waals surface area contributed by atoms with Crippen molar-refractivity contribution in [3.05, 3.63) is 87.9 Å². The number of aromatic amines is 1. The van der Waals surface area contributed by atoms with Crippen LogP contribution in [0.5, 0.6) is 0 Å². The van der Waals surface area contributed by atoms with Crippen molar-refractivity contribution in [3.63, 3.8) is 0 Å². The highest BCUT2D eigenvalue weighted by molar-refractivity contribution is 5.90. The molecule has 0 unspecified atom stereocenters. The second kappa shape index (κ2) is 9.06. The molecule has 0 amide bonds. The van der Waals surface area contributed by atoms with E-state index in [4.69, 9.17) is 0 Å². The van der Waals surface area contributed by atoms with Gasteiger partial charge in [0.05, 0.1) is 12.2 Å². The third kappa shape index (κ3) is 3.87. The fraction of sp³-hybridized carbons (Fsp3) is 0.333. The zero-order valence-electron chi connectivity index (χ0n) is 21.9. The van der Waals surface area contributed by atoms with Gasteiger partial charge in [-0.3, -0.25) is 9.89 Å². The van der Waals surface area contributed by atoms with Gasteiger partial charge in [-0.15, -0.1) is 0 Å². The minimum Gasteiger partial charge on any atom is -0.339 e. The van der Waals surface area contributed by atoms with Gasteiger partial charge in [0.25, 0.3) is 5.56 Å². The predicted octanol–water partition coefficient (Wildman–Crippen LogP) is 4.68. The normalized spacial score (nSPS) is 17.3. The summed E-state index contributed by atoms with van der Waals surface area (Å²) in [4.78, 5) is 18.1. The first-order valence-electron chi connectivity index (χ1n) is 13.5. The first-order chi connectivity index (χ1) is 18.5.